The van der Waals surface area contributed by atoms with Gasteiger partial charge in [-0.2, -0.15) is 0 Å². The quantitative estimate of drug-likeness (QED) is 0.722. The van der Waals surface area contributed by atoms with Crippen LogP contribution in [0.1, 0.15) is 0 Å². The second-order valence-corrected chi connectivity index (χ2v) is 2.79. The Morgan fingerprint density at radius 1 is 1.91 bits per heavy atom. The molecule has 1 rings (SSSR count). The lowest BCUT2D eigenvalue weighted by atomic mass is 10.6. The van der Waals surface area contributed by atoms with E-state index in [0.717, 1.165) is 4.60 Å². The van der Waals surface area contributed by atoms with Crippen molar-refractivity contribution in [2.75, 3.05) is 7.11 Å². The van der Waals surface area contributed by atoms with Crippen molar-refractivity contribution in [3.05, 3.63) is 23.3 Å². The zero-order valence-corrected chi connectivity index (χ0v) is 7.84. The molecule has 0 radical (unpaired) electrons. The molecule has 0 atom stereocenters. The first-order chi connectivity index (χ1) is 5.27. The highest BCUT2D eigenvalue weighted by Gasteiger charge is 2.02. The molecule has 0 aromatic carbocycles. The number of hydrogen-bond donors (Lipinski definition) is 0. The monoisotopic (exact) mass is 216 g/mol. The maximum Gasteiger partial charge on any atom is 0.233 e. The minimum atomic E-state index is 0.610. The van der Waals surface area contributed by atoms with Crippen molar-refractivity contribution in [3.63, 3.8) is 0 Å². The van der Waals surface area contributed by atoms with Crippen molar-refractivity contribution >= 4 is 15.9 Å². The Morgan fingerprint density at radius 2 is 2.64 bits per heavy atom. The number of allylic oxidation sites excluding steroid dienone is 1. The second-order valence-electron chi connectivity index (χ2n) is 1.98. The van der Waals surface area contributed by atoms with Crippen molar-refractivity contribution in [2.24, 2.45) is 0 Å². The molecule has 11 heavy (non-hydrogen) atoms. The van der Waals surface area contributed by atoms with Gasteiger partial charge in [0.05, 0.1) is 13.7 Å². The molecule has 60 valence electrons. The lowest BCUT2D eigenvalue weighted by molar-refractivity contribution is 0.390. The zero-order chi connectivity index (χ0) is 8.27. The van der Waals surface area contributed by atoms with E-state index in [4.69, 9.17) is 4.74 Å². The number of halogens is 1. The van der Waals surface area contributed by atoms with Gasteiger partial charge in [0.1, 0.15) is 4.60 Å². The molecule has 1 heterocycles. The molecular weight excluding hydrogens is 208 g/mol. The van der Waals surface area contributed by atoms with Crippen LogP contribution in [-0.2, 0) is 6.54 Å². The van der Waals surface area contributed by atoms with Gasteiger partial charge in [-0.15, -0.1) is 11.7 Å². The summed E-state index contributed by atoms with van der Waals surface area (Å²) in [6, 6.07) is 1.81. The van der Waals surface area contributed by atoms with E-state index in [1.165, 1.54) is 0 Å². The van der Waals surface area contributed by atoms with Crippen LogP contribution in [0.4, 0.5) is 0 Å². The molecule has 1 aromatic heterocycles. The first-order valence-electron chi connectivity index (χ1n) is 3.16. The highest BCUT2D eigenvalue weighted by Crippen LogP contribution is 2.16. The average molecular weight is 217 g/mol. The van der Waals surface area contributed by atoms with E-state index in [1.54, 1.807) is 17.9 Å². The highest BCUT2D eigenvalue weighted by molar-refractivity contribution is 9.10. The van der Waals surface area contributed by atoms with Gasteiger partial charge in [0.2, 0.25) is 5.88 Å². The van der Waals surface area contributed by atoms with E-state index in [0.29, 0.717) is 12.4 Å². The minimum Gasteiger partial charge on any atom is -0.480 e. The maximum atomic E-state index is 4.93. The van der Waals surface area contributed by atoms with Crippen LogP contribution < -0.4 is 4.74 Å². The molecule has 0 aliphatic rings. The van der Waals surface area contributed by atoms with E-state index in [9.17, 15) is 0 Å². The predicted octanol–water partition coefficient (Wildman–Crippen LogP) is 1.84. The van der Waals surface area contributed by atoms with Crippen molar-refractivity contribution in [1.29, 1.82) is 0 Å². The largest absolute Gasteiger partial charge is 0.480 e. The Hall–Kier alpha value is -0.770. The normalized spacial score (nSPS) is 9.64. The first-order valence-corrected chi connectivity index (χ1v) is 3.95. The third-order valence-corrected chi connectivity index (χ3v) is 1.86. The fraction of sp³-hybridized carbons (Fsp3) is 0.286. The smallest absolute Gasteiger partial charge is 0.233 e. The first kappa shape index (κ1) is 8.33. The Bertz CT molecular complexity index is 257. The average Bonchev–Trinajstić information content (AvgIpc) is 2.33. The van der Waals surface area contributed by atoms with E-state index < -0.39 is 0 Å². The van der Waals surface area contributed by atoms with Gasteiger partial charge in [0, 0.05) is 6.07 Å². The molecule has 0 bridgehead atoms. The van der Waals surface area contributed by atoms with Crippen molar-refractivity contribution in [2.45, 2.75) is 6.54 Å². The van der Waals surface area contributed by atoms with Crippen molar-refractivity contribution in [1.82, 2.24) is 9.78 Å². The molecule has 0 saturated heterocycles. The van der Waals surface area contributed by atoms with Crippen LogP contribution in [0.2, 0.25) is 0 Å². The number of aromatic nitrogens is 2. The van der Waals surface area contributed by atoms with Crippen LogP contribution >= 0.6 is 15.9 Å². The molecule has 0 fully saturated rings. The molecule has 0 aliphatic carbocycles. The third-order valence-electron chi connectivity index (χ3n) is 1.22. The van der Waals surface area contributed by atoms with Crippen LogP contribution in [0.15, 0.2) is 23.3 Å². The summed E-state index contributed by atoms with van der Waals surface area (Å²) in [5, 5.41) is 4.09. The standard InChI is InChI=1S/C7H9BrN2O/c1-3-4-10-6(8)5-7(9-10)11-2/h3,5H,1,4H2,2H3. The minimum absolute atomic E-state index is 0.610. The van der Waals surface area contributed by atoms with Gasteiger partial charge in [0.15, 0.2) is 0 Å². The summed E-state index contributed by atoms with van der Waals surface area (Å²) in [5.41, 5.74) is 0. The third kappa shape index (κ3) is 1.83. The molecule has 0 spiro atoms. The Balaban J connectivity index is 2.87. The fourth-order valence-electron chi connectivity index (χ4n) is 0.722. The fourth-order valence-corrected chi connectivity index (χ4v) is 1.14. The summed E-state index contributed by atoms with van der Waals surface area (Å²) < 4.78 is 7.58. The molecule has 3 nitrogen and oxygen atoms in total. The molecule has 0 N–H and O–H groups in total. The Kier molecular flexibility index (Phi) is 2.70. The number of hydrogen-bond acceptors (Lipinski definition) is 2. The number of ether oxygens (including phenoxy) is 1. The SMILES string of the molecule is C=CCn1nc(OC)cc1Br. The molecule has 0 amide bonds. The Morgan fingerprint density at radius 3 is 3.09 bits per heavy atom. The summed E-state index contributed by atoms with van der Waals surface area (Å²) in [4.78, 5) is 0. The summed E-state index contributed by atoms with van der Waals surface area (Å²) >= 11 is 3.33. The lowest BCUT2D eigenvalue weighted by Gasteiger charge is -1.95. The van der Waals surface area contributed by atoms with E-state index in [1.807, 2.05) is 6.07 Å². The predicted molar refractivity (Wildman–Crippen MR) is 46.7 cm³/mol. The molecule has 0 unspecified atom stereocenters. The van der Waals surface area contributed by atoms with Crippen molar-refractivity contribution in [3.8, 4) is 5.88 Å². The second kappa shape index (κ2) is 3.57. The zero-order valence-electron chi connectivity index (χ0n) is 6.25. The number of rotatable bonds is 3. The van der Waals surface area contributed by atoms with E-state index >= 15 is 0 Å². The van der Waals surface area contributed by atoms with Crippen LogP contribution in [0.25, 0.3) is 0 Å². The topological polar surface area (TPSA) is 27.1 Å². The van der Waals surface area contributed by atoms with Gasteiger partial charge in [0.25, 0.3) is 0 Å². The lowest BCUT2D eigenvalue weighted by Crippen LogP contribution is -1.97. The summed E-state index contributed by atoms with van der Waals surface area (Å²) in [5.74, 6) is 0.610. The van der Waals surface area contributed by atoms with Crippen LogP contribution in [0.3, 0.4) is 0 Å². The van der Waals surface area contributed by atoms with Gasteiger partial charge >= 0.3 is 0 Å². The van der Waals surface area contributed by atoms with Crippen LogP contribution in [0.5, 0.6) is 5.88 Å². The molecule has 1 aromatic rings. The van der Waals surface area contributed by atoms with Gasteiger partial charge < -0.3 is 4.74 Å². The van der Waals surface area contributed by atoms with Gasteiger partial charge in [-0.05, 0) is 15.9 Å². The summed E-state index contributed by atoms with van der Waals surface area (Å²) in [7, 11) is 1.59. The maximum absolute atomic E-state index is 4.93. The number of nitrogens with zero attached hydrogens (tertiary/aromatic N) is 2. The summed E-state index contributed by atoms with van der Waals surface area (Å²) in [6.07, 6.45) is 1.78. The molecule has 0 saturated carbocycles. The van der Waals surface area contributed by atoms with E-state index in [2.05, 4.69) is 27.6 Å². The highest BCUT2D eigenvalue weighted by atomic mass is 79.9. The van der Waals surface area contributed by atoms with E-state index in [-0.39, 0.29) is 0 Å². The molecule has 4 heteroatoms. The number of methoxy groups -OCH3 is 1. The Labute approximate surface area is 73.8 Å². The summed E-state index contributed by atoms with van der Waals surface area (Å²) in [6.45, 7) is 4.29. The van der Waals surface area contributed by atoms with Crippen LogP contribution in [-0.4, -0.2) is 16.9 Å². The van der Waals surface area contributed by atoms with Gasteiger partial charge in [-0.3, -0.25) is 4.68 Å². The molecular formula is C7H9BrN2O. The van der Waals surface area contributed by atoms with Gasteiger partial charge in [-0.1, -0.05) is 6.08 Å². The van der Waals surface area contributed by atoms with Gasteiger partial charge in [-0.25, -0.2) is 0 Å². The molecule has 0 aliphatic heterocycles. The van der Waals surface area contributed by atoms with Crippen LogP contribution in [0, 0.1) is 0 Å². The van der Waals surface area contributed by atoms with Crippen molar-refractivity contribution < 1.29 is 4.74 Å².